The van der Waals surface area contributed by atoms with Crippen LogP contribution in [0.5, 0.6) is 5.75 Å². The van der Waals surface area contributed by atoms with Crippen LogP contribution in [0, 0.1) is 5.92 Å². The van der Waals surface area contributed by atoms with Gasteiger partial charge in [0.1, 0.15) is 5.75 Å². The number of hydrogen-bond acceptors (Lipinski definition) is 4. The van der Waals surface area contributed by atoms with Gasteiger partial charge in [-0.25, -0.2) is 0 Å². The van der Waals surface area contributed by atoms with E-state index in [2.05, 4.69) is 5.32 Å². The number of carbonyl (C=O) groups excluding carboxylic acids is 2. The largest absolute Gasteiger partial charge is 0.492 e. The van der Waals surface area contributed by atoms with Crippen LogP contribution >= 0.6 is 12.4 Å². The third-order valence-corrected chi connectivity index (χ3v) is 5.15. The van der Waals surface area contributed by atoms with E-state index in [1.165, 1.54) is 0 Å². The van der Waals surface area contributed by atoms with Crippen molar-refractivity contribution in [1.82, 2.24) is 10.2 Å². The third kappa shape index (κ3) is 4.30. The SMILES string of the molecule is CCOc1ccccc1N1CC(C(=O)N2CCC(NC)CC2)CC1=O.Cl. The average molecular weight is 382 g/mol. The first kappa shape index (κ1) is 20.5. The Morgan fingerprint density at radius 1 is 1.27 bits per heavy atom. The van der Waals surface area contributed by atoms with Gasteiger partial charge in [0.25, 0.3) is 0 Å². The molecule has 0 aromatic heterocycles. The number of amides is 2. The maximum absolute atomic E-state index is 12.8. The normalized spacial score (nSPS) is 20.8. The molecule has 1 atom stereocenters. The predicted octanol–water partition coefficient (Wildman–Crippen LogP) is 2.07. The summed E-state index contributed by atoms with van der Waals surface area (Å²) >= 11 is 0. The first-order chi connectivity index (χ1) is 12.1. The highest BCUT2D eigenvalue weighted by Gasteiger charge is 2.38. The second-order valence-corrected chi connectivity index (χ2v) is 6.69. The molecule has 2 amide bonds. The summed E-state index contributed by atoms with van der Waals surface area (Å²) in [5.74, 6) is 0.546. The molecule has 7 heteroatoms. The molecule has 1 aromatic carbocycles. The van der Waals surface area contributed by atoms with Crippen LogP contribution in [0.25, 0.3) is 0 Å². The summed E-state index contributed by atoms with van der Waals surface area (Å²) in [5, 5.41) is 3.27. The molecular weight excluding hydrogens is 354 g/mol. The number of benzene rings is 1. The average Bonchev–Trinajstić information content (AvgIpc) is 3.03. The van der Waals surface area contributed by atoms with Crippen LogP contribution in [0.15, 0.2) is 24.3 Å². The zero-order chi connectivity index (χ0) is 17.8. The minimum absolute atomic E-state index is 0. The van der Waals surface area contributed by atoms with Gasteiger partial charge in [0.05, 0.1) is 18.2 Å². The van der Waals surface area contributed by atoms with E-state index < -0.39 is 0 Å². The zero-order valence-corrected chi connectivity index (χ0v) is 16.3. The first-order valence-corrected chi connectivity index (χ1v) is 9.12. The molecule has 2 saturated heterocycles. The third-order valence-electron chi connectivity index (χ3n) is 5.15. The van der Waals surface area contributed by atoms with E-state index in [0.29, 0.717) is 24.9 Å². The number of para-hydroxylation sites is 2. The minimum Gasteiger partial charge on any atom is -0.492 e. The molecule has 2 heterocycles. The quantitative estimate of drug-likeness (QED) is 0.848. The molecule has 2 aliphatic rings. The summed E-state index contributed by atoms with van der Waals surface area (Å²) in [4.78, 5) is 29.0. The lowest BCUT2D eigenvalue weighted by Gasteiger charge is -2.33. The monoisotopic (exact) mass is 381 g/mol. The standard InChI is InChI=1S/C19H27N3O3.ClH/c1-3-25-17-7-5-4-6-16(17)22-13-14(12-18(22)23)19(24)21-10-8-15(20-2)9-11-21;/h4-7,14-15,20H,3,8-13H2,1-2H3;1H. The molecule has 1 unspecified atom stereocenters. The molecular formula is C19H28ClN3O3. The van der Waals surface area contributed by atoms with E-state index in [1.54, 1.807) is 4.90 Å². The topological polar surface area (TPSA) is 61.9 Å². The maximum Gasteiger partial charge on any atom is 0.228 e. The Hall–Kier alpha value is -1.79. The minimum atomic E-state index is -0.256. The maximum atomic E-state index is 12.8. The van der Waals surface area contributed by atoms with E-state index in [-0.39, 0.29) is 36.6 Å². The molecule has 2 fully saturated rings. The van der Waals surface area contributed by atoms with Crippen LogP contribution < -0.4 is 15.0 Å². The number of ether oxygens (including phenoxy) is 1. The van der Waals surface area contributed by atoms with Crippen molar-refractivity contribution in [3.8, 4) is 5.75 Å². The molecule has 3 rings (SSSR count). The van der Waals surface area contributed by atoms with E-state index in [1.807, 2.05) is 43.1 Å². The number of halogens is 1. The Bertz CT molecular complexity index is 632. The molecule has 2 aliphatic heterocycles. The second kappa shape index (κ2) is 9.24. The molecule has 0 aliphatic carbocycles. The smallest absolute Gasteiger partial charge is 0.228 e. The van der Waals surface area contributed by atoms with Crippen molar-refractivity contribution in [3.05, 3.63) is 24.3 Å². The Morgan fingerprint density at radius 2 is 1.96 bits per heavy atom. The number of piperidine rings is 1. The lowest BCUT2D eigenvalue weighted by atomic mass is 10.0. The first-order valence-electron chi connectivity index (χ1n) is 9.12. The van der Waals surface area contributed by atoms with Crippen molar-refractivity contribution < 1.29 is 14.3 Å². The molecule has 6 nitrogen and oxygen atoms in total. The highest BCUT2D eigenvalue weighted by Crippen LogP contribution is 2.33. The number of rotatable bonds is 5. The summed E-state index contributed by atoms with van der Waals surface area (Å²) in [6.07, 6.45) is 2.23. The van der Waals surface area contributed by atoms with Crippen molar-refractivity contribution in [2.24, 2.45) is 5.92 Å². The lowest BCUT2D eigenvalue weighted by Crippen LogP contribution is -2.46. The fourth-order valence-corrected chi connectivity index (χ4v) is 3.71. The van der Waals surface area contributed by atoms with Gasteiger partial charge in [-0.2, -0.15) is 0 Å². The Morgan fingerprint density at radius 3 is 2.62 bits per heavy atom. The number of anilines is 1. The van der Waals surface area contributed by atoms with Gasteiger partial charge in [-0.3, -0.25) is 9.59 Å². The fourth-order valence-electron chi connectivity index (χ4n) is 3.71. The summed E-state index contributed by atoms with van der Waals surface area (Å²) in [5.41, 5.74) is 0.763. The molecule has 0 bridgehead atoms. The van der Waals surface area contributed by atoms with Gasteiger partial charge in [-0.15, -0.1) is 12.4 Å². The molecule has 0 saturated carbocycles. The zero-order valence-electron chi connectivity index (χ0n) is 15.4. The number of hydrogen-bond donors (Lipinski definition) is 1. The fraction of sp³-hybridized carbons (Fsp3) is 0.579. The van der Waals surface area contributed by atoms with Gasteiger partial charge in [-0.05, 0) is 38.9 Å². The summed E-state index contributed by atoms with van der Waals surface area (Å²) in [6, 6.07) is 8.02. The van der Waals surface area contributed by atoms with Crippen molar-refractivity contribution in [2.75, 3.05) is 38.2 Å². The highest BCUT2D eigenvalue weighted by atomic mass is 35.5. The van der Waals surface area contributed by atoms with Gasteiger partial charge >= 0.3 is 0 Å². The van der Waals surface area contributed by atoms with Crippen molar-refractivity contribution in [2.45, 2.75) is 32.2 Å². The van der Waals surface area contributed by atoms with Gasteiger partial charge in [0.15, 0.2) is 0 Å². The number of nitrogens with one attached hydrogen (secondary N) is 1. The lowest BCUT2D eigenvalue weighted by molar-refractivity contribution is -0.136. The van der Waals surface area contributed by atoms with Crippen LogP contribution in [-0.2, 0) is 9.59 Å². The van der Waals surface area contributed by atoms with Crippen LogP contribution in [0.2, 0.25) is 0 Å². The van der Waals surface area contributed by atoms with Crippen LogP contribution in [0.3, 0.4) is 0 Å². The van der Waals surface area contributed by atoms with Gasteiger partial charge < -0.3 is 19.9 Å². The molecule has 1 N–H and O–H groups in total. The van der Waals surface area contributed by atoms with E-state index in [0.717, 1.165) is 31.6 Å². The Kier molecular flexibility index (Phi) is 7.29. The number of carbonyl (C=O) groups is 2. The van der Waals surface area contributed by atoms with E-state index >= 15 is 0 Å². The second-order valence-electron chi connectivity index (χ2n) is 6.69. The van der Waals surface area contributed by atoms with E-state index in [9.17, 15) is 9.59 Å². The molecule has 26 heavy (non-hydrogen) atoms. The van der Waals surface area contributed by atoms with Crippen LogP contribution in [0.1, 0.15) is 26.2 Å². The van der Waals surface area contributed by atoms with Crippen LogP contribution in [-0.4, -0.2) is 56.0 Å². The van der Waals surface area contributed by atoms with Gasteiger partial charge in [0.2, 0.25) is 11.8 Å². The Labute approximate surface area is 161 Å². The molecule has 144 valence electrons. The van der Waals surface area contributed by atoms with Gasteiger partial charge in [-0.1, -0.05) is 12.1 Å². The van der Waals surface area contributed by atoms with Crippen molar-refractivity contribution in [1.29, 1.82) is 0 Å². The molecule has 1 aromatic rings. The summed E-state index contributed by atoms with van der Waals surface area (Å²) < 4.78 is 5.64. The van der Waals surface area contributed by atoms with Crippen molar-refractivity contribution >= 4 is 29.9 Å². The molecule has 0 radical (unpaired) electrons. The van der Waals surface area contributed by atoms with Crippen molar-refractivity contribution in [3.63, 3.8) is 0 Å². The highest BCUT2D eigenvalue weighted by molar-refractivity contribution is 6.01. The Balaban J connectivity index is 0.00000243. The number of nitrogens with zero attached hydrogens (tertiary/aromatic N) is 2. The van der Waals surface area contributed by atoms with E-state index in [4.69, 9.17) is 4.74 Å². The molecule has 0 spiro atoms. The summed E-state index contributed by atoms with van der Waals surface area (Å²) in [6.45, 7) is 4.44. The summed E-state index contributed by atoms with van der Waals surface area (Å²) in [7, 11) is 1.96. The predicted molar refractivity (Wildman–Crippen MR) is 104 cm³/mol. The van der Waals surface area contributed by atoms with Gasteiger partial charge in [0, 0.05) is 32.1 Å². The number of likely N-dealkylation sites (tertiary alicyclic amines) is 1. The van der Waals surface area contributed by atoms with Crippen LogP contribution in [0.4, 0.5) is 5.69 Å².